The minimum absolute atomic E-state index is 0.128. The van der Waals surface area contributed by atoms with Crippen molar-refractivity contribution >= 4 is 46.5 Å². The van der Waals surface area contributed by atoms with Crippen LogP contribution in [0.15, 0.2) is 42.5 Å². The number of anilines is 1. The Labute approximate surface area is 171 Å². The fraction of sp³-hybridized carbons (Fsp3) is 0.250. The van der Waals surface area contributed by atoms with Crippen LogP contribution in [0.5, 0.6) is 0 Å². The van der Waals surface area contributed by atoms with Gasteiger partial charge in [-0.15, -0.1) is 0 Å². The van der Waals surface area contributed by atoms with Gasteiger partial charge in [-0.25, -0.2) is 0 Å². The van der Waals surface area contributed by atoms with Gasteiger partial charge in [0.1, 0.15) is 6.54 Å². The molecule has 2 aromatic rings. The fourth-order valence-corrected chi connectivity index (χ4v) is 3.73. The predicted molar refractivity (Wildman–Crippen MR) is 105 cm³/mol. The van der Waals surface area contributed by atoms with Crippen LogP contribution in [0.4, 0.5) is 5.69 Å². The molecule has 0 unspecified atom stereocenters. The number of esters is 1. The van der Waals surface area contributed by atoms with Crippen LogP contribution in [0, 0.1) is 0 Å². The summed E-state index contributed by atoms with van der Waals surface area (Å²) in [4.78, 5) is 38.8. The van der Waals surface area contributed by atoms with Crippen LogP contribution in [-0.4, -0.2) is 35.9 Å². The maximum absolute atomic E-state index is 13.0. The van der Waals surface area contributed by atoms with Gasteiger partial charge in [0.15, 0.2) is 11.4 Å². The summed E-state index contributed by atoms with van der Waals surface area (Å²) in [5.41, 5.74) is -1.35. The monoisotopic (exact) mass is 421 g/mol. The van der Waals surface area contributed by atoms with Crippen LogP contribution in [0.2, 0.25) is 10.0 Å². The van der Waals surface area contributed by atoms with E-state index in [1.165, 1.54) is 18.2 Å². The molecule has 0 bridgehead atoms. The molecular formula is C20H17Cl2NO5. The van der Waals surface area contributed by atoms with Gasteiger partial charge in [0.25, 0.3) is 5.91 Å². The number of benzene rings is 2. The minimum atomic E-state index is -2.11. The highest BCUT2D eigenvalue weighted by Crippen LogP contribution is 2.43. The van der Waals surface area contributed by atoms with Crippen LogP contribution in [0.3, 0.4) is 0 Å². The van der Waals surface area contributed by atoms with Crippen LogP contribution < -0.4 is 4.90 Å². The van der Waals surface area contributed by atoms with Crippen molar-refractivity contribution in [3.05, 3.63) is 63.6 Å². The topological polar surface area (TPSA) is 83.9 Å². The van der Waals surface area contributed by atoms with E-state index in [1.807, 2.05) is 0 Å². The zero-order chi connectivity index (χ0) is 20.5. The molecule has 0 radical (unpaired) electrons. The first-order valence-electron chi connectivity index (χ1n) is 8.55. The molecule has 0 fully saturated rings. The number of rotatable bonds is 6. The van der Waals surface area contributed by atoms with E-state index >= 15 is 0 Å². The first-order valence-corrected chi connectivity index (χ1v) is 9.31. The Hall–Kier alpha value is -2.41. The number of hydrogen-bond acceptors (Lipinski definition) is 5. The molecule has 1 N–H and O–H groups in total. The summed E-state index contributed by atoms with van der Waals surface area (Å²) in [5, 5.41) is 11.7. The van der Waals surface area contributed by atoms with Gasteiger partial charge in [0.05, 0.1) is 23.7 Å². The summed E-state index contributed by atoms with van der Waals surface area (Å²) >= 11 is 11.9. The molecule has 1 atom stereocenters. The quantitative estimate of drug-likeness (QED) is 0.570. The van der Waals surface area contributed by atoms with E-state index in [1.54, 1.807) is 31.2 Å². The highest BCUT2D eigenvalue weighted by atomic mass is 35.5. The van der Waals surface area contributed by atoms with E-state index < -0.39 is 29.7 Å². The van der Waals surface area contributed by atoms with Crippen molar-refractivity contribution in [2.45, 2.75) is 18.9 Å². The lowest BCUT2D eigenvalue weighted by molar-refractivity contribution is -0.144. The Balaban J connectivity index is 1.94. The van der Waals surface area contributed by atoms with Gasteiger partial charge in [0.2, 0.25) is 0 Å². The van der Waals surface area contributed by atoms with E-state index in [0.29, 0.717) is 10.7 Å². The predicted octanol–water partition coefficient (Wildman–Crippen LogP) is 3.36. The van der Waals surface area contributed by atoms with Gasteiger partial charge < -0.3 is 9.84 Å². The molecule has 28 heavy (non-hydrogen) atoms. The van der Waals surface area contributed by atoms with E-state index in [0.717, 1.165) is 4.90 Å². The molecule has 6 nitrogen and oxygen atoms in total. The molecule has 1 aliphatic rings. The minimum Gasteiger partial charge on any atom is -0.465 e. The molecule has 1 aliphatic heterocycles. The number of Topliss-reactive ketones (excluding diaryl/α,β-unsaturated/α-hetero) is 1. The van der Waals surface area contributed by atoms with Gasteiger partial charge in [0, 0.05) is 16.1 Å². The number of ketones is 1. The molecule has 0 saturated heterocycles. The molecule has 2 aromatic carbocycles. The number of halogens is 2. The number of nitrogens with zero attached hydrogens (tertiary/aromatic N) is 1. The zero-order valence-electron chi connectivity index (χ0n) is 14.9. The van der Waals surface area contributed by atoms with Crippen molar-refractivity contribution in [3.8, 4) is 0 Å². The highest BCUT2D eigenvalue weighted by molar-refractivity contribution is 6.37. The number of hydrogen-bond donors (Lipinski definition) is 1. The van der Waals surface area contributed by atoms with E-state index in [2.05, 4.69) is 0 Å². The van der Waals surface area contributed by atoms with E-state index in [-0.39, 0.29) is 29.3 Å². The molecule has 0 spiro atoms. The Morgan fingerprint density at radius 3 is 2.57 bits per heavy atom. The molecule has 0 aromatic heterocycles. The average molecular weight is 422 g/mol. The first-order chi connectivity index (χ1) is 13.3. The van der Waals surface area contributed by atoms with Crippen LogP contribution >= 0.6 is 23.2 Å². The second-order valence-electron chi connectivity index (χ2n) is 6.30. The largest absolute Gasteiger partial charge is 0.465 e. The van der Waals surface area contributed by atoms with Crippen LogP contribution in [0.25, 0.3) is 0 Å². The zero-order valence-corrected chi connectivity index (χ0v) is 16.5. The standard InChI is InChI=1S/C20H17Cl2NO5/c1-2-28-18(25)11-23-16-6-4-3-5-14(16)20(27,19(23)26)10-17(24)13-8-7-12(21)9-15(13)22/h3-9,27H,2,10-11H2,1H3/t20-/m1/s1. The highest BCUT2D eigenvalue weighted by Gasteiger charge is 2.51. The molecule has 146 valence electrons. The number of carbonyl (C=O) groups excluding carboxylic acids is 3. The number of para-hydroxylation sites is 1. The van der Waals surface area contributed by atoms with Gasteiger partial charge in [-0.3, -0.25) is 19.3 Å². The lowest BCUT2D eigenvalue weighted by Crippen LogP contribution is -2.44. The third-order valence-corrected chi connectivity index (χ3v) is 5.03. The van der Waals surface area contributed by atoms with Crippen LogP contribution in [0.1, 0.15) is 29.3 Å². The third-order valence-electron chi connectivity index (χ3n) is 4.48. The Bertz CT molecular complexity index is 961. The lowest BCUT2D eigenvalue weighted by atomic mass is 9.88. The summed E-state index contributed by atoms with van der Waals surface area (Å²) in [5.74, 6) is -1.90. The van der Waals surface area contributed by atoms with Crippen molar-refractivity contribution in [2.75, 3.05) is 18.1 Å². The number of fused-ring (bicyclic) bond motifs is 1. The molecular weight excluding hydrogens is 405 g/mol. The van der Waals surface area contributed by atoms with E-state index in [4.69, 9.17) is 27.9 Å². The summed E-state index contributed by atoms with van der Waals surface area (Å²) in [6.07, 6.45) is -0.524. The molecule has 1 heterocycles. The molecule has 0 saturated carbocycles. The van der Waals surface area contributed by atoms with E-state index in [9.17, 15) is 19.5 Å². The maximum atomic E-state index is 13.0. The van der Waals surface area contributed by atoms with Crippen molar-refractivity contribution in [1.29, 1.82) is 0 Å². The average Bonchev–Trinajstić information content (AvgIpc) is 2.84. The van der Waals surface area contributed by atoms with Crippen LogP contribution in [-0.2, 0) is 19.9 Å². The second kappa shape index (κ2) is 7.91. The maximum Gasteiger partial charge on any atom is 0.326 e. The lowest BCUT2D eigenvalue weighted by Gasteiger charge is -2.22. The second-order valence-corrected chi connectivity index (χ2v) is 7.14. The normalized spacial score (nSPS) is 18.1. The molecule has 8 heteroatoms. The summed E-state index contributed by atoms with van der Waals surface area (Å²) in [7, 11) is 0. The Morgan fingerprint density at radius 1 is 1.18 bits per heavy atom. The molecule has 3 rings (SSSR count). The Kier molecular flexibility index (Phi) is 5.74. The molecule has 1 amide bonds. The van der Waals surface area contributed by atoms with Gasteiger partial charge >= 0.3 is 5.97 Å². The number of amides is 1. The fourth-order valence-electron chi connectivity index (χ4n) is 3.21. The smallest absolute Gasteiger partial charge is 0.326 e. The first kappa shape index (κ1) is 20.3. The van der Waals surface area contributed by atoms with Gasteiger partial charge in [-0.1, -0.05) is 41.4 Å². The summed E-state index contributed by atoms with van der Waals surface area (Å²) in [6, 6.07) is 10.8. The van der Waals surface area contributed by atoms with Crippen molar-refractivity contribution in [1.82, 2.24) is 0 Å². The summed E-state index contributed by atoms with van der Waals surface area (Å²) < 4.78 is 4.90. The van der Waals surface area contributed by atoms with Gasteiger partial charge in [-0.2, -0.15) is 0 Å². The van der Waals surface area contributed by atoms with Gasteiger partial charge in [-0.05, 0) is 31.2 Å². The van der Waals surface area contributed by atoms with Crippen molar-refractivity contribution in [2.24, 2.45) is 0 Å². The SMILES string of the molecule is CCOC(=O)CN1C(=O)[C@@](O)(CC(=O)c2ccc(Cl)cc2Cl)c2ccccc21. The molecule has 0 aliphatic carbocycles. The number of carbonyl (C=O) groups is 3. The number of aliphatic hydroxyl groups is 1. The summed E-state index contributed by atoms with van der Waals surface area (Å²) in [6.45, 7) is 1.46. The van der Waals surface area contributed by atoms with Crippen molar-refractivity contribution in [3.63, 3.8) is 0 Å². The third kappa shape index (κ3) is 3.63. The van der Waals surface area contributed by atoms with Crippen molar-refractivity contribution < 1.29 is 24.2 Å². The Morgan fingerprint density at radius 2 is 1.89 bits per heavy atom. The number of ether oxygens (including phenoxy) is 1.